The smallest absolute Gasteiger partial charge is 0.253 e. The molecule has 1 aromatic rings. The lowest BCUT2D eigenvalue weighted by Gasteiger charge is -2.24. The monoisotopic (exact) mass is 347 g/mol. The first kappa shape index (κ1) is 16.9. The van der Waals surface area contributed by atoms with Crippen LogP contribution in [0.2, 0.25) is 0 Å². The minimum absolute atomic E-state index is 0.0124. The molecule has 0 radical (unpaired) electrons. The van der Waals surface area contributed by atoms with Gasteiger partial charge in [-0.3, -0.25) is 9.59 Å². The molecule has 4 N–H and O–H groups in total. The molecular formula is C17H21N3O3S. The van der Waals surface area contributed by atoms with Crippen molar-refractivity contribution in [1.82, 2.24) is 10.6 Å². The van der Waals surface area contributed by atoms with Crippen LogP contribution in [0.1, 0.15) is 29.6 Å². The molecule has 24 heavy (non-hydrogen) atoms. The maximum Gasteiger partial charge on any atom is 0.253 e. The Bertz CT molecular complexity index is 648. The van der Waals surface area contributed by atoms with Crippen LogP contribution >= 0.6 is 11.8 Å². The van der Waals surface area contributed by atoms with Gasteiger partial charge in [0.1, 0.15) is 5.75 Å². The van der Waals surface area contributed by atoms with Crippen molar-refractivity contribution in [2.45, 2.75) is 30.6 Å². The topological polar surface area (TPSA) is 90.5 Å². The van der Waals surface area contributed by atoms with Crippen molar-refractivity contribution in [2.75, 3.05) is 18.4 Å². The Morgan fingerprint density at radius 1 is 1.33 bits per heavy atom. The molecule has 1 aromatic carbocycles. The van der Waals surface area contributed by atoms with E-state index in [0.29, 0.717) is 17.7 Å². The summed E-state index contributed by atoms with van der Waals surface area (Å²) >= 11 is 1.45. The van der Waals surface area contributed by atoms with Gasteiger partial charge in [-0.15, -0.1) is 11.8 Å². The van der Waals surface area contributed by atoms with Gasteiger partial charge in [-0.2, -0.15) is 0 Å². The van der Waals surface area contributed by atoms with Gasteiger partial charge in [0.2, 0.25) is 5.91 Å². The van der Waals surface area contributed by atoms with Crippen LogP contribution in [0.3, 0.4) is 0 Å². The molecule has 0 bridgehead atoms. The van der Waals surface area contributed by atoms with Crippen molar-refractivity contribution in [2.24, 2.45) is 0 Å². The second kappa shape index (κ2) is 7.72. The van der Waals surface area contributed by atoms with E-state index in [1.54, 1.807) is 0 Å². The van der Waals surface area contributed by atoms with Crippen LogP contribution in [0.15, 0.2) is 29.7 Å². The quantitative estimate of drug-likeness (QED) is 0.667. The molecule has 2 atom stereocenters. The molecule has 3 rings (SSSR count). The molecule has 128 valence electrons. The number of allylic oxidation sites excluding steroid dienone is 1. The summed E-state index contributed by atoms with van der Waals surface area (Å²) in [4.78, 5) is 24.9. The lowest BCUT2D eigenvalue weighted by Crippen LogP contribution is -2.45. The fourth-order valence-corrected chi connectivity index (χ4v) is 3.66. The van der Waals surface area contributed by atoms with Crippen LogP contribution in [-0.2, 0) is 4.79 Å². The van der Waals surface area contributed by atoms with Crippen molar-refractivity contribution >= 4 is 29.3 Å². The summed E-state index contributed by atoms with van der Waals surface area (Å²) in [5.41, 5.74) is 0.705. The zero-order valence-corrected chi connectivity index (χ0v) is 14.1. The third kappa shape index (κ3) is 4.10. The van der Waals surface area contributed by atoms with E-state index >= 15 is 0 Å². The highest BCUT2D eigenvalue weighted by Gasteiger charge is 2.23. The van der Waals surface area contributed by atoms with Gasteiger partial charge in [0, 0.05) is 18.7 Å². The van der Waals surface area contributed by atoms with Gasteiger partial charge in [0.05, 0.1) is 16.5 Å². The highest BCUT2D eigenvalue weighted by Crippen LogP contribution is 2.27. The Labute approximate surface area is 145 Å². The van der Waals surface area contributed by atoms with E-state index in [4.69, 9.17) is 0 Å². The van der Waals surface area contributed by atoms with Crippen molar-refractivity contribution in [1.29, 1.82) is 0 Å². The normalized spacial score (nSPS) is 23.0. The third-order valence-corrected chi connectivity index (χ3v) is 5.20. The van der Waals surface area contributed by atoms with Crippen LogP contribution in [0.25, 0.3) is 0 Å². The van der Waals surface area contributed by atoms with Gasteiger partial charge < -0.3 is 21.1 Å². The van der Waals surface area contributed by atoms with Crippen LogP contribution in [-0.4, -0.2) is 41.3 Å². The van der Waals surface area contributed by atoms with Gasteiger partial charge in [-0.25, -0.2) is 0 Å². The summed E-state index contributed by atoms with van der Waals surface area (Å²) in [5, 5.41) is 20.4. The molecule has 0 aliphatic carbocycles. The number of aromatic hydroxyl groups is 1. The molecule has 2 aliphatic rings. The molecule has 2 aliphatic heterocycles. The van der Waals surface area contributed by atoms with Gasteiger partial charge >= 0.3 is 0 Å². The number of phenolic OH excluding ortho intramolecular Hbond substituents is 1. The third-order valence-electron chi connectivity index (χ3n) is 4.12. The van der Waals surface area contributed by atoms with E-state index in [1.807, 2.05) is 11.5 Å². The standard InChI is InChI=1S/C17H21N3O3S/c21-12-5-6-13(16(22)19-11-3-1-7-18-10-11)14(9-12)20-17(23)15-4-2-8-24-15/h2,5-6,8-9,11,15,18,21H,1,3-4,7,10H2,(H,19,22)(H,20,23). The first-order chi connectivity index (χ1) is 11.6. The molecule has 2 unspecified atom stereocenters. The molecule has 7 heteroatoms. The Morgan fingerprint density at radius 3 is 2.92 bits per heavy atom. The van der Waals surface area contributed by atoms with E-state index in [-0.39, 0.29) is 28.9 Å². The lowest BCUT2D eigenvalue weighted by atomic mass is 10.1. The molecule has 0 saturated carbocycles. The van der Waals surface area contributed by atoms with Crippen molar-refractivity contribution < 1.29 is 14.7 Å². The number of piperidine rings is 1. The first-order valence-corrected chi connectivity index (χ1v) is 9.03. The van der Waals surface area contributed by atoms with Crippen LogP contribution in [0.4, 0.5) is 5.69 Å². The van der Waals surface area contributed by atoms with Crippen LogP contribution in [0.5, 0.6) is 5.75 Å². The van der Waals surface area contributed by atoms with Gasteiger partial charge in [0.15, 0.2) is 0 Å². The average Bonchev–Trinajstić information content (AvgIpc) is 3.10. The number of amides is 2. The molecule has 0 aromatic heterocycles. The summed E-state index contributed by atoms with van der Waals surface area (Å²) in [7, 11) is 0. The highest BCUT2D eigenvalue weighted by atomic mass is 32.2. The number of anilines is 1. The molecule has 1 saturated heterocycles. The Morgan fingerprint density at radius 2 is 2.21 bits per heavy atom. The van der Waals surface area contributed by atoms with Crippen LogP contribution in [0, 0.1) is 0 Å². The number of carbonyl (C=O) groups excluding carboxylic acids is 2. The Balaban J connectivity index is 1.72. The fraction of sp³-hybridized carbons (Fsp3) is 0.412. The summed E-state index contributed by atoms with van der Waals surface area (Å²) < 4.78 is 0. The molecule has 1 fully saturated rings. The number of hydrogen-bond donors (Lipinski definition) is 4. The average molecular weight is 347 g/mol. The second-order valence-corrected chi connectivity index (χ2v) is 7.08. The van der Waals surface area contributed by atoms with Gasteiger partial charge in [0.25, 0.3) is 5.91 Å². The Hall–Kier alpha value is -1.99. The number of nitrogens with one attached hydrogen (secondary N) is 3. The van der Waals surface area contributed by atoms with E-state index in [9.17, 15) is 14.7 Å². The van der Waals surface area contributed by atoms with Crippen molar-refractivity contribution in [3.63, 3.8) is 0 Å². The van der Waals surface area contributed by atoms with Crippen LogP contribution < -0.4 is 16.0 Å². The number of hydrogen-bond acceptors (Lipinski definition) is 5. The second-order valence-electron chi connectivity index (χ2n) is 5.97. The summed E-state index contributed by atoms with van der Waals surface area (Å²) in [6, 6.07) is 4.49. The first-order valence-electron chi connectivity index (χ1n) is 8.09. The minimum Gasteiger partial charge on any atom is -0.508 e. The predicted molar refractivity (Wildman–Crippen MR) is 95.2 cm³/mol. The number of phenols is 1. The van der Waals surface area contributed by atoms with E-state index < -0.39 is 0 Å². The van der Waals surface area contributed by atoms with E-state index in [1.165, 1.54) is 30.0 Å². The van der Waals surface area contributed by atoms with E-state index in [2.05, 4.69) is 16.0 Å². The summed E-state index contributed by atoms with van der Waals surface area (Å²) in [6.45, 7) is 1.72. The van der Waals surface area contributed by atoms with Crippen molar-refractivity contribution in [3.8, 4) is 5.75 Å². The van der Waals surface area contributed by atoms with Gasteiger partial charge in [-0.05, 0) is 43.3 Å². The molecular weight excluding hydrogens is 326 g/mol. The number of carbonyl (C=O) groups is 2. The number of rotatable bonds is 4. The SMILES string of the molecule is O=C(NC1CCCNC1)c1ccc(O)cc1NC(=O)C1CC=CS1. The maximum absolute atomic E-state index is 12.6. The molecule has 2 amide bonds. The zero-order chi connectivity index (χ0) is 16.9. The zero-order valence-electron chi connectivity index (χ0n) is 13.2. The molecule has 0 spiro atoms. The maximum atomic E-state index is 12.6. The van der Waals surface area contributed by atoms with Crippen molar-refractivity contribution in [3.05, 3.63) is 35.2 Å². The number of benzene rings is 1. The highest BCUT2D eigenvalue weighted by molar-refractivity contribution is 8.03. The summed E-state index contributed by atoms with van der Waals surface area (Å²) in [5.74, 6) is -0.390. The minimum atomic E-state index is -0.240. The molecule has 2 heterocycles. The number of thioether (sulfide) groups is 1. The fourth-order valence-electron chi connectivity index (χ4n) is 2.84. The van der Waals surface area contributed by atoms with Gasteiger partial charge in [-0.1, -0.05) is 6.08 Å². The lowest BCUT2D eigenvalue weighted by molar-refractivity contribution is -0.115. The Kier molecular flexibility index (Phi) is 5.42. The van der Waals surface area contributed by atoms with E-state index in [0.717, 1.165) is 25.9 Å². The largest absolute Gasteiger partial charge is 0.508 e. The molecule has 6 nitrogen and oxygen atoms in total. The summed E-state index contributed by atoms with van der Waals surface area (Å²) in [6.07, 6.45) is 4.57. The predicted octanol–water partition coefficient (Wildman–Crippen LogP) is 1.83.